The maximum absolute atomic E-state index is 12.9. The molecule has 0 aliphatic carbocycles. The SMILES string of the molecule is Cc1ccccc1NC(=O)CCN1C(=S)N[C@@H](c2ccccn2)[C@@H]1c1cccn1-c1cccc(C(=O)O)c1. The summed E-state index contributed by atoms with van der Waals surface area (Å²) in [4.78, 5) is 31.1. The predicted molar refractivity (Wildman–Crippen MR) is 149 cm³/mol. The second-order valence-corrected chi connectivity index (χ2v) is 9.48. The Morgan fingerprint density at radius 3 is 2.63 bits per heavy atom. The van der Waals surface area contributed by atoms with Crippen LogP contribution in [0.2, 0.25) is 0 Å². The van der Waals surface area contributed by atoms with Crippen molar-refractivity contribution in [3.8, 4) is 5.69 Å². The molecular weight excluding hydrogens is 498 g/mol. The number of carbonyl (C=O) groups excluding carboxylic acids is 1. The molecule has 0 spiro atoms. The third kappa shape index (κ3) is 5.14. The number of nitrogens with zero attached hydrogens (tertiary/aromatic N) is 3. The third-order valence-electron chi connectivity index (χ3n) is 6.65. The molecule has 1 aliphatic heterocycles. The molecule has 8 nitrogen and oxygen atoms in total. The lowest BCUT2D eigenvalue weighted by Gasteiger charge is -2.29. The second kappa shape index (κ2) is 10.9. The number of hydrogen-bond donors (Lipinski definition) is 3. The Bertz CT molecular complexity index is 1490. The molecule has 192 valence electrons. The summed E-state index contributed by atoms with van der Waals surface area (Å²) in [5.41, 5.74) is 4.42. The summed E-state index contributed by atoms with van der Waals surface area (Å²) in [5.74, 6) is -1.09. The molecule has 0 radical (unpaired) electrons. The Hall–Kier alpha value is -4.50. The Balaban J connectivity index is 1.47. The highest BCUT2D eigenvalue weighted by atomic mass is 32.1. The van der Waals surface area contributed by atoms with E-state index in [4.69, 9.17) is 12.2 Å². The van der Waals surface area contributed by atoms with Crippen LogP contribution in [0.5, 0.6) is 0 Å². The summed E-state index contributed by atoms with van der Waals surface area (Å²) in [6.45, 7) is 2.34. The molecule has 3 heterocycles. The van der Waals surface area contributed by atoms with Crippen LogP contribution in [0, 0.1) is 6.92 Å². The van der Waals surface area contributed by atoms with Gasteiger partial charge >= 0.3 is 5.97 Å². The van der Waals surface area contributed by atoms with E-state index in [0.29, 0.717) is 11.7 Å². The van der Waals surface area contributed by atoms with Crippen molar-refractivity contribution in [3.63, 3.8) is 0 Å². The number of anilines is 1. The smallest absolute Gasteiger partial charge is 0.335 e. The number of nitrogens with one attached hydrogen (secondary N) is 2. The van der Waals surface area contributed by atoms with E-state index in [0.717, 1.165) is 28.3 Å². The van der Waals surface area contributed by atoms with E-state index in [-0.39, 0.29) is 30.0 Å². The molecule has 5 rings (SSSR count). The molecule has 2 aromatic carbocycles. The zero-order chi connectivity index (χ0) is 26.6. The van der Waals surface area contributed by atoms with Crippen molar-refractivity contribution in [2.24, 2.45) is 0 Å². The number of carboxylic acids is 1. The molecule has 3 N–H and O–H groups in total. The zero-order valence-corrected chi connectivity index (χ0v) is 21.6. The molecule has 9 heteroatoms. The van der Waals surface area contributed by atoms with E-state index in [1.807, 2.05) is 83.3 Å². The number of amides is 1. The quantitative estimate of drug-likeness (QED) is 0.282. The fourth-order valence-corrected chi connectivity index (χ4v) is 5.11. The summed E-state index contributed by atoms with van der Waals surface area (Å²) in [5, 5.41) is 16.4. The maximum Gasteiger partial charge on any atom is 0.335 e. The van der Waals surface area contributed by atoms with Crippen LogP contribution >= 0.6 is 12.2 Å². The monoisotopic (exact) mass is 525 g/mol. The molecule has 1 saturated heterocycles. The summed E-state index contributed by atoms with van der Waals surface area (Å²) in [7, 11) is 0. The van der Waals surface area contributed by atoms with Gasteiger partial charge in [-0.2, -0.15) is 0 Å². The molecule has 0 saturated carbocycles. The van der Waals surface area contributed by atoms with Crippen molar-refractivity contribution in [2.45, 2.75) is 25.4 Å². The van der Waals surface area contributed by atoms with Gasteiger partial charge < -0.3 is 25.2 Å². The zero-order valence-electron chi connectivity index (χ0n) is 20.7. The van der Waals surface area contributed by atoms with Gasteiger partial charge in [-0.1, -0.05) is 30.3 Å². The van der Waals surface area contributed by atoms with Crippen LogP contribution in [0.3, 0.4) is 0 Å². The number of pyridine rings is 1. The molecule has 0 unspecified atom stereocenters. The average molecular weight is 526 g/mol. The van der Waals surface area contributed by atoms with Crippen molar-refractivity contribution in [2.75, 3.05) is 11.9 Å². The van der Waals surface area contributed by atoms with E-state index in [2.05, 4.69) is 15.6 Å². The van der Waals surface area contributed by atoms with E-state index in [1.165, 1.54) is 0 Å². The number of benzene rings is 2. The largest absolute Gasteiger partial charge is 0.478 e. The highest BCUT2D eigenvalue weighted by Gasteiger charge is 2.41. The van der Waals surface area contributed by atoms with Crippen molar-refractivity contribution >= 4 is 34.9 Å². The molecule has 4 aromatic rings. The molecule has 1 amide bonds. The molecule has 1 fully saturated rings. The van der Waals surface area contributed by atoms with Crippen LogP contribution in [-0.4, -0.2) is 43.1 Å². The first-order valence-electron chi connectivity index (χ1n) is 12.3. The van der Waals surface area contributed by atoms with Gasteiger partial charge in [-0.25, -0.2) is 4.79 Å². The number of rotatable bonds is 8. The van der Waals surface area contributed by atoms with Gasteiger partial charge in [-0.15, -0.1) is 0 Å². The van der Waals surface area contributed by atoms with Crippen molar-refractivity contribution in [3.05, 3.63) is 114 Å². The first-order chi connectivity index (χ1) is 18.4. The van der Waals surface area contributed by atoms with Crippen LogP contribution in [0.4, 0.5) is 5.69 Å². The van der Waals surface area contributed by atoms with Gasteiger partial charge in [0.25, 0.3) is 0 Å². The van der Waals surface area contributed by atoms with Crippen molar-refractivity contribution in [1.29, 1.82) is 0 Å². The number of aryl methyl sites for hydroxylation is 1. The minimum atomic E-state index is -0.989. The summed E-state index contributed by atoms with van der Waals surface area (Å²) < 4.78 is 1.96. The highest BCUT2D eigenvalue weighted by molar-refractivity contribution is 7.80. The average Bonchev–Trinajstić information content (AvgIpc) is 3.53. The fraction of sp³-hybridized carbons (Fsp3) is 0.172. The van der Waals surface area contributed by atoms with Gasteiger partial charge in [0, 0.05) is 42.4 Å². The highest BCUT2D eigenvalue weighted by Crippen LogP contribution is 2.39. The summed E-state index contributed by atoms with van der Waals surface area (Å²) in [6, 6.07) is 23.6. The predicted octanol–water partition coefficient (Wildman–Crippen LogP) is 4.88. The van der Waals surface area contributed by atoms with Crippen LogP contribution in [0.1, 0.15) is 45.8 Å². The van der Waals surface area contributed by atoms with Gasteiger partial charge in [0.1, 0.15) is 0 Å². The van der Waals surface area contributed by atoms with Gasteiger partial charge in [0.2, 0.25) is 5.91 Å². The van der Waals surface area contributed by atoms with E-state index in [1.54, 1.807) is 24.4 Å². The Kier molecular flexibility index (Phi) is 7.19. The van der Waals surface area contributed by atoms with Gasteiger partial charge in [0.15, 0.2) is 5.11 Å². The van der Waals surface area contributed by atoms with E-state index in [9.17, 15) is 14.7 Å². The van der Waals surface area contributed by atoms with Crippen LogP contribution < -0.4 is 10.6 Å². The lowest BCUT2D eigenvalue weighted by atomic mass is 10.0. The van der Waals surface area contributed by atoms with Crippen LogP contribution in [0.25, 0.3) is 5.69 Å². The minimum Gasteiger partial charge on any atom is -0.478 e. The topological polar surface area (TPSA) is 99.5 Å². The fourth-order valence-electron chi connectivity index (χ4n) is 4.77. The van der Waals surface area contributed by atoms with E-state index < -0.39 is 5.97 Å². The van der Waals surface area contributed by atoms with E-state index >= 15 is 0 Å². The molecule has 2 atom stereocenters. The second-order valence-electron chi connectivity index (χ2n) is 9.09. The molecular formula is C29H27N5O3S. The van der Waals surface area contributed by atoms with Crippen LogP contribution in [-0.2, 0) is 4.79 Å². The number of carbonyl (C=O) groups is 2. The number of aromatic nitrogens is 2. The Morgan fingerprint density at radius 1 is 1.05 bits per heavy atom. The first-order valence-corrected chi connectivity index (χ1v) is 12.7. The van der Waals surface area contributed by atoms with Gasteiger partial charge in [-0.3, -0.25) is 9.78 Å². The molecule has 38 heavy (non-hydrogen) atoms. The van der Waals surface area contributed by atoms with Gasteiger partial charge in [0.05, 0.1) is 23.3 Å². The molecule has 0 bridgehead atoms. The normalized spacial score (nSPS) is 16.8. The Labute approximate surface area is 225 Å². The standard InChI is InChI=1S/C29H27N5O3S/c1-19-8-2-3-11-22(19)31-25(35)14-17-34-27(26(32-29(34)38)23-12-4-5-15-30-23)24-13-7-16-33(24)21-10-6-9-20(18-21)28(36)37/h2-13,15-16,18,26-27H,14,17H2,1H3,(H,31,35)(H,32,38)(H,36,37)/t26-,27-/m0/s1. The summed E-state index contributed by atoms with van der Waals surface area (Å²) >= 11 is 5.75. The maximum atomic E-state index is 12.9. The summed E-state index contributed by atoms with van der Waals surface area (Å²) in [6.07, 6.45) is 3.87. The van der Waals surface area contributed by atoms with Crippen molar-refractivity contribution < 1.29 is 14.7 Å². The number of hydrogen-bond acceptors (Lipinski definition) is 4. The van der Waals surface area contributed by atoms with Crippen molar-refractivity contribution in [1.82, 2.24) is 19.8 Å². The first kappa shape index (κ1) is 25.2. The minimum absolute atomic E-state index is 0.105. The lowest BCUT2D eigenvalue weighted by Crippen LogP contribution is -2.33. The number of carboxylic acid groups (broad SMARTS) is 1. The molecule has 2 aromatic heterocycles. The van der Waals surface area contributed by atoms with Gasteiger partial charge in [-0.05, 0) is 73.2 Å². The Morgan fingerprint density at radius 2 is 1.87 bits per heavy atom. The third-order valence-corrected chi connectivity index (χ3v) is 7.00. The lowest BCUT2D eigenvalue weighted by molar-refractivity contribution is -0.116. The van der Waals surface area contributed by atoms with Crippen LogP contribution in [0.15, 0.2) is 91.3 Å². The number of aromatic carboxylic acids is 1. The number of thiocarbonyl (C=S) groups is 1. The molecule has 1 aliphatic rings. The number of para-hydroxylation sites is 1.